The summed E-state index contributed by atoms with van der Waals surface area (Å²) < 4.78 is 11.2. The van der Waals surface area contributed by atoms with Crippen LogP contribution >= 0.6 is 0 Å². The number of nitrogens with zero attached hydrogens (tertiary/aromatic N) is 3. The van der Waals surface area contributed by atoms with Gasteiger partial charge in [-0.15, -0.1) is 0 Å². The lowest BCUT2D eigenvalue weighted by Gasteiger charge is -2.16. The van der Waals surface area contributed by atoms with Crippen molar-refractivity contribution in [2.75, 3.05) is 27.3 Å². The molecule has 0 radical (unpaired) electrons. The normalized spacial score (nSPS) is 15.7. The van der Waals surface area contributed by atoms with Crippen molar-refractivity contribution in [3.8, 4) is 17.1 Å². The summed E-state index contributed by atoms with van der Waals surface area (Å²) in [6, 6.07) is 7.67. The van der Waals surface area contributed by atoms with Crippen LogP contribution in [0.2, 0.25) is 0 Å². The number of aromatic amines is 1. The van der Waals surface area contributed by atoms with Gasteiger partial charge < -0.3 is 20.1 Å². The van der Waals surface area contributed by atoms with Crippen molar-refractivity contribution in [2.24, 2.45) is 4.99 Å². The highest BCUT2D eigenvalue weighted by Gasteiger charge is 2.12. The summed E-state index contributed by atoms with van der Waals surface area (Å²) in [4.78, 5) is 8.78. The summed E-state index contributed by atoms with van der Waals surface area (Å²) >= 11 is 0. The number of benzene rings is 1. The predicted octanol–water partition coefficient (Wildman–Crippen LogP) is 2.88. The Balaban J connectivity index is 1.39. The maximum Gasteiger partial charge on any atom is 0.191 e. The van der Waals surface area contributed by atoms with Crippen molar-refractivity contribution in [1.82, 2.24) is 25.8 Å². The Morgan fingerprint density at radius 1 is 1.14 bits per heavy atom. The fraction of sp³-hybridized carbons (Fsp3) is 0.571. The lowest BCUT2D eigenvalue weighted by molar-refractivity contribution is 0.0468. The van der Waals surface area contributed by atoms with Crippen molar-refractivity contribution >= 4 is 5.96 Å². The molecule has 1 fully saturated rings. The van der Waals surface area contributed by atoms with Gasteiger partial charge in [-0.05, 0) is 37.1 Å². The van der Waals surface area contributed by atoms with Gasteiger partial charge in [0.1, 0.15) is 11.6 Å². The first-order valence-corrected chi connectivity index (χ1v) is 10.4. The van der Waals surface area contributed by atoms with Crippen molar-refractivity contribution < 1.29 is 9.47 Å². The third-order valence-electron chi connectivity index (χ3n) is 5.08. The second-order valence-electron chi connectivity index (χ2n) is 7.17. The Kier molecular flexibility index (Phi) is 8.30. The van der Waals surface area contributed by atoms with Crippen LogP contribution in [0, 0.1) is 0 Å². The van der Waals surface area contributed by atoms with Crippen LogP contribution < -0.4 is 15.4 Å². The number of guanidine groups is 1. The molecule has 3 N–H and O–H groups in total. The van der Waals surface area contributed by atoms with Crippen LogP contribution in [-0.2, 0) is 11.3 Å². The number of nitrogens with one attached hydrogen (secondary N) is 3. The molecular weight excluding hydrogens is 368 g/mol. The zero-order valence-corrected chi connectivity index (χ0v) is 17.4. The van der Waals surface area contributed by atoms with Crippen molar-refractivity contribution in [3.05, 3.63) is 30.1 Å². The molecule has 1 aromatic carbocycles. The summed E-state index contributed by atoms with van der Waals surface area (Å²) in [6.45, 7) is 1.92. The molecule has 1 aliphatic carbocycles. The van der Waals surface area contributed by atoms with Gasteiger partial charge in [0.15, 0.2) is 11.8 Å². The molecular formula is C21H32N6O2. The Bertz CT molecular complexity index is 751. The number of aliphatic imine (C=N–C) groups is 1. The smallest absolute Gasteiger partial charge is 0.191 e. The van der Waals surface area contributed by atoms with E-state index in [9.17, 15) is 0 Å². The fourth-order valence-electron chi connectivity index (χ4n) is 3.44. The van der Waals surface area contributed by atoms with Crippen LogP contribution in [0.1, 0.15) is 44.3 Å². The molecule has 0 spiro atoms. The Morgan fingerprint density at radius 2 is 1.90 bits per heavy atom. The molecule has 1 saturated carbocycles. The number of rotatable bonds is 8. The number of hydrogen-bond donors (Lipinski definition) is 3. The SMILES string of the molecule is CN=C(NCCOC1CCCCCC1)NCc1nc(-c2ccc(OC)cc2)n[nH]1. The van der Waals surface area contributed by atoms with E-state index in [1.807, 2.05) is 24.3 Å². The van der Waals surface area contributed by atoms with E-state index in [4.69, 9.17) is 9.47 Å². The average molecular weight is 401 g/mol. The van der Waals surface area contributed by atoms with Crippen LogP contribution in [0.3, 0.4) is 0 Å². The molecule has 0 unspecified atom stereocenters. The third kappa shape index (κ3) is 6.74. The van der Waals surface area contributed by atoms with Gasteiger partial charge >= 0.3 is 0 Å². The van der Waals surface area contributed by atoms with Crippen molar-refractivity contribution in [1.29, 1.82) is 0 Å². The van der Waals surface area contributed by atoms with Gasteiger partial charge in [0.2, 0.25) is 0 Å². The van der Waals surface area contributed by atoms with E-state index in [1.165, 1.54) is 38.5 Å². The molecule has 8 nitrogen and oxygen atoms in total. The first-order valence-electron chi connectivity index (χ1n) is 10.4. The van der Waals surface area contributed by atoms with Crippen LogP contribution in [0.5, 0.6) is 5.75 Å². The average Bonchev–Trinajstić information content (AvgIpc) is 3.08. The van der Waals surface area contributed by atoms with Gasteiger partial charge in [0, 0.05) is 19.2 Å². The molecule has 0 amide bonds. The van der Waals surface area contributed by atoms with Gasteiger partial charge in [-0.3, -0.25) is 10.1 Å². The molecule has 158 valence electrons. The van der Waals surface area contributed by atoms with Crippen LogP contribution in [0.15, 0.2) is 29.3 Å². The van der Waals surface area contributed by atoms with Gasteiger partial charge in [0.05, 0.1) is 26.4 Å². The molecule has 29 heavy (non-hydrogen) atoms. The zero-order valence-electron chi connectivity index (χ0n) is 17.4. The number of H-pyrrole nitrogens is 1. The molecule has 1 heterocycles. The van der Waals surface area contributed by atoms with E-state index in [1.54, 1.807) is 14.2 Å². The number of methoxy groups -OCH3 is 1. The van der Waals surface area contributed by atoms with E-state index in [2.05, 4.69) is 30.8 Å². The molecule has 1 aliphatic rings. The molecule has 0 aliphatic heterocycles. The molecule has 8 heteroatoms. The topological polar surface area (TPSA) is 96.5 Å². The second kappa shape index (κ2) is 11.4. The summed E-state index contributed by atoms with van der Waals surface area (Å²) in [5.74, 6) is 2.93. The highest BCUT2D eigenvalue weighted by atomic mass is 16.5. The van der Waals surface area contributed by atoms with E-state index in [0.29, 0.717) is 25.1 Å². The minimum atomic E-state index is 0.417. The largest absolute Gasteiger partial charge is 0.497 e. The summed E-state index contributed by atoms with van der Waals surface area (Å²) in [7, 11) is 3.40. The first-order chi connectivity index (χ1) is 14.3. The van der Waals surface area contributed by atoms with E-state index in [0.717, 1.165) is 29.6 Å². The van der Waals surface area contributed by atoms with Gasteiger partial charge in [0.25, 0.3) is 0 Å². The standard InChI is InChI=1S/C21H32N6O2/c1-22-21(23-13-14-29-18-7-5-3-4-6-8-18)24-15-19-25-20(27-26-19)16-9-11-17(28-2)12-10-16/h9-12,18H,3-8,13-15H2,1-2H3,(H2,22,23,24)(H,25,26,27). The molecule has 0 atom stereocenters. The molecule has 3 rings (SSSR count). The van der Waals surface area contributed by atoms with E-state index >= 15 is 0 Å². The Hall–Kier alpha value is -2.61. The molecule has 2 aromatic rings. The van der Waals surface area contributed by atoms with Crippen LogP contribution in [-0.4, -0.2) is 54.6 Å². The molecule has 0 saturated heterocycles. The van der Waals surface area contributed by atoms with E-state index < -0.39 is 0 Å². The monoisotopic (exact) mass is 400 g/mol. The maximum absolute atomic E-state index is 6.01. The maximum atomic E-state index is 6.01. The fourth-order valence-corrected chi connectivity index (χ4v) is 3.44. The first kappa shape index (κ1) is 21.1. The zero-order chi connectivity index (χ0) is 20.3. The molecule has 0 bridgehead atoms. The Morgan fingerprint density at radius 3 is 2.59 bits per heavy atom. The quantitative estimate of drug-likeness (QED) is 0.273. The lowest BCUT2D eigenvalue weighted by atomic mass is 10.1. The summed E-state index contributed by atoms with van der Waals surface area (Å²) in [6.07, 6.45) is 8.06. The summed E-state index contributed by atoms with van der Waals surface area (Å²) in [5.41, 5.74) is 0.937. The number of hydrogen-bond acceptors (Lipinski definition) is 5. The van der Waals surface area contributed by atoms with Crippen molar-refractivity contribution in [3.63, 3.8) is 0 Å². The van der Waals surface area contributed by atoms with Crippen LogP contribution in [0.25, 0.3) is 11.4 Å². The van der Waals surface area contributed by atoms with Crippen molar-refractivity contribution in [2.45, 2.75) is 51.2 Å². The van der Waals surface area contributed by atoms with E-state index in [-0.39, 0.29) is 0 Å². The minimum Gasteiger partial charge on any atom is -0.497 e. The second-order valence-corrected chi connectivity index (χ2v) is 7.17. The highest BCUT2D eigenvalue weighted by molar-refractivity contribution is 5.79. The predicted molar refractivity (Wildman–Crippen MR) is 114 cm³/mol. The summed E-state index contributed by atoms with van der Waals surface area (Å²) in [5, 5.41) is 13.8. The minimum absolute atomic E-state index is 0.417. The Labute approximate surface area is 172 Å². The highest BCUT2D eigenvalue weighted by Crippen LogP contribution is 2.20. The molecule has 1 aromatic heterocycles. The van der Waals surface area contributed by atoms with Crippen LogP contribution in [0.4, 0.5) is 0 Å². The van der Waals surface area contributed by atoms with Gasteiger partial charge in [-0.1, -0.05) is 25.7 Å². The number of ether oxygens (including phenoxy) is 2. The van der Waals surface area contributed by atoms with Gasteiger partial charge in [-0.2, -0.15) is 5.10 Å². The van der Waals surface area contributed by atoms with Gasteiger partial charge in [-0.25, -0.2) is 4.98 Å². The number of aromatic nitrogens is 3. The lowest BCUT2D eigenvalue weighted by Crippen LogP contribution is -2.39. The third-order valence-corrected chi connectivity index (χ3v) is 5.08.